The minimum Gasteiger partial charge on any atom is -0.342 e. The number of benzene rings is 1. The molecule has 0 radical (unpaired) electrons. The Kier molecular flexibility index (Phi) is 5.62. The van der Waals surface area contributed by atoms with Crippen molar-refractivity contribution < 1.29 is 9.59 Å². The van der Waals surface area contributed by atoms with Gasteiger partial charge in [-0.25, -0.2) is 0 Å². The summed E-state index contributed by atoms with van der Waals surface area (Å²) in [5.41, 5.74) is 2.10. The molecule has 2 heterocycles. The number of hydrogen-bond donors (Lipinski definition) is 0. The molecule has 2 saturated heterocycles. The van der Waals surface area contributed by atoms with Crippen LogP contribution >= 0.6 is 11.8 Å². The van der Waals surface area contributed by atoms with Crippen molar-refractivity contribution in [3.63, 3.8) is 0 Å². The Morgan fingerprint density at radius 1 is 1.04 bits per heavy atom. The van der Waals surface area contributed by atoms with Crippen LogP contribution in [0.25, 0.3) is 0 Å². The van der Waals surface area contributed by atoms with Crippen LogP contribution in [0.1, 0.15) is 63.4 Å². The number of likely N-dealkylation sites (tertiary alicyclic amines) is 1. The highest BCUT2D eigenvalue weighted by atomic mass is 32.2. The van der Waals surface area contributed by atoms with Crippen LogP contribution in [0.2, 0.25) is 0 Å². The Bertz CT molecular complexity index is 698. The summed E-state index contributed by atoms with van der Waals surface area (Å²) >= 11 is 1.89. The number of piperidine rings is 1. The van der Waals surface area contributed by atoms with Gasteiger partial charge in [0.15, 0.2) is 0 Å². The van der Waals surface area contributed by atoms with Crippen molar-refractivity contribution in [1.29, 1.82) is 0 Å². The highest BCUT2D eigenvalue weighted by molar-refractivity contribution is 8.00. The van der Waals surface area contributed by atoms with E-state index in [9.17, 15) is 9.59 Å². The first-order valence-electron chi connectivity index (χ1n) is 9.99. The van der Waals surface area contributed by atoms with Gasteiger partial charge in [-0.1, -0.05) is 46.8 Å². The van der Waals surface area contributed by atoms with Gasteiger partial charge in [-0.3, -0.25) is 9.59 Å². The van der Waals surface area contributed by atoms with E-state index in [1.54, 1.807) is 0 Å². The first kappa shape index (κ1) is 20.2. The molecule has 1 aromatic rings. The molecule has 0 unspecified atom stereocenters. The summed E-state index contributed by atoms with van der Waals surface area (Å²) in [7, 11) is 0. The van der Waals surface area contributed by atoms with Crippen LogP contribution in [-0.4, -0.2) is 51.9 Å². The lowest BCUT2D eigenvalue weighted by Gasteiger charge is -2.44. The van der Waals surface area contributed by atoms with Crippen molar-refractivity contribution in [1.82, 2.24) is 9.80 Å². The zero-order chi connectivity index (χ0) is 19.8. The number of thioether (sulfide) groups is 1. The number of rotatable bonds is 2. The fourth-order valence-corrected chi connectivity index (χ4v) is 5.47. The summed E-state index contributed by atoms with van der Waals surface area (Å²) in [6, 6.07) is 8.09. The van der Waals surface area contributed by atoms with Gasteiger partial charge in [0, 0.05) is 36.9 Å². The predicted octanol–water partition coefficient (Wildman–Crippen LogP) is 4.15. The van der Waals surface area contributed by atoms with E-state index < -0.39 is 0 Å². The summed E-state index contributed by atoms with van der Waals surface area (Å²) in [6.45, 7) is 12.7. The fourth-order valence-electron chi connectivity index (χ4n) is 4.02. The van der Waals surface area contributed by atoms with E-state index in [0.717, 1.165) is 43.8 Å². The van der Waals surface area contributed by atoms with E-state index in [4.69, 9.17) is 0 Å². The second-order valence-electron chi connectivity index (χ2n) is 9.06. The van der Waals surface area contributed by atoms with E-state index in [0.29, 0.717) is 0 Å². The Balaban J connectivity index is 1.73. The molecule has 27 heavy (non-hydrogen) atoms. The van der Waals surface area contributed by atoms with Gasteiger partial charge in [0.2, 0.25) is 5.91 Å². The molecule has 148 valence electrons. The van der Waals surface area contributed by atoms with E-state index in [1.807, 2.05) is 42.6 Å². The van der Waals surface area contributed by atoms with Crippen LogP contribution < -0.4 is 0 Å². The smallest absolute Gasteiger partial charge is 0.254 e. The van der Waals surface area contributed by atoms with Crippen LogP contribution in [0.5, 0.6) is 0 Å². The maximum absolute atomic E-state index is 13.2. The molecule has 0 N–H and O–H groups in total. The molecular formula is C22H32N2O2S. The fraction of sp³-hybridized carbons (Fsp3) is 0.636. The average Bonchev–Trinajstić information content (AvgIpc) is 3.03. The minimum absolute atomic E-state index is 0.0364. The van der Waals surface area contributed by atoms with E-state index in [1.165, 1.54) is 5.56 Å². The van der Waals surface area contributed by atoms with Gasteiger partial charge in [-0.05, 0) is 36.0 Å². The van der Waals surface area contributed by atoms with E-state index in [-0.39, 0.29) is 28.0 Å². The predicted molar refractivity (Wildman–Crippen MR) is 112 cm³/mol. The van der Waals surface area contributed by atoms with Gasteiger partial charge in [0.05, 0.1) is 4.87 Å². The van der Waals surface area contributed by atoms with Gasteiger partial charge in [0.25, 0.3) is 5.91 Å². The zero-order valence-corrected chi connectivity index (χ0v) is 18.1. The van der Waals surface area contributed by atoms with Crippen molar-refractivity contribution >= 4 is 23.6 Å². The van der Waals surface area contributed by atoms with Crippen molar-refractivity contribution in [2.24, 2.45) is 5.92 Å². The number of carbonyl (C=O) groups excluding carboxylic acids is 2. The van der Waals surface area contributed by atoms with Crippen molar-refractivity contribution in [2.75, 3.05) is 25.4 Å². The lowest BCUT2D eigenvalue weighted by Crippen LogP contribution is -2.54. The second kappa shape index (κ2) is 7.50. The van der Waals surface area contributed by atoms with Crippen LogP contribution in [0.15, 0.2) is 24.3 Å². The van der Waals surface area contributed by atoms with Crippen molar-refractivity contribution in [3.05, 3.63) is 35.4 Å². The van der Waals surface area contributed by atoms with Crippen LogP contribution in [0.3, 0.4) is 0 Å². The van der Waals surface area contributed by atoms with Gasteiger partial charge in [-0.15, -0.1) is 11.8 Å². The molecule has 0 bridgehead atoms. The van der Waals surface area contributed by atoms with E-state index >= 15 is 0 Å². The molecule has 2 aliphatic rings. The van der Waals surface area contributed by atoms with Gasteiger partial charge >= 0.3 is 0 Å². The molecule has 2 aliphatic heterocycles. The number of amides is 2. The molecule has 5 heteroatoms. The summed E-state index contributed by atoms with van der Waals surface area (Å²) in [4.78, 5) is 29.4. The first-order chi connectivity index (χ1) is 12.6. The maximum atomic E-state index is 13.2. The molecule has 0 aliphatic carbocycles. The Morgan fingerprint density at radius 3 is 2.15 bits per heavy atom. The van der Waals surface area contributed by atoms with Gasteiger partial charge < -0.3 is 9.80 Å². The normalized spacial score (nSPS) is 19.8. The first-order valence-corrected chi connectivity index (χ1v) is 11.0. The second-order valence-corrected chi connectivity index (χ2v) is 10.5. The zero-order valence-electron chi connectivity index (χ0n) is 17.2. The lowest BCUT2D eigenvalue weighted by molar-refractivity contribution is -0.136. The summed E-state index contributed by atoms with van der Waals surface area (Å²) < 4.78 is 0. The molecule has 0 aromatic heterocycles. The SMILES string of the molecule is CC(C)C(=O)N1CCC2(CC1)SCCN2C(=O)c1ccc(C(C)(C)C)cc1. The minimum atomic E-state index is -0.145. The molecule has 2 fully saturated rings. The van der Waals surface area contributed by atoms with E-state index in [2.05, 4.69) is 37.8 Å². The molecule has 1 spiro atoms. The summed E-state index contributed by atoms with van der Waals surface area (Å²) in [5, 5.41) is 0. The van der Waals surface area contributed by atoms with Crippen molar-refractivity contribution in [2.45, 2.75) is 57.7 Å². The molecular weight excluding hydrogens is 356 g/mol. The third-order valence-corrected chi connectivity index (χ3v) is 7.32. The third kappa shape index (κ3) is 4.03. The molecule has 0 saturated carbocycles. The molecule has 0 atom stereocenters. The number of hydrogen-bond acceptors (Lipinski definition) is 3. The van der Waals surface area contributed by atoms with Crippen LogP contribution in [-0.2, 0) is 10.2 Å². The van der Waals surface area contributed by atoms with Gasteiger partial charge in [-0.2, -0.15) is 0 Å². The molecule has 1 aromatic carbocycles. The lowest BCUT2D eigenvalue weighted by atomic mass is 9.86. The highest BCUT2D eigenvalue weighted by Crippen LogP contribution is 2.44. The summed E-state index contributed by atoms with van der Waals surface area (Å²) in [6.07, 6.45) is 1.73. The van der Waals surface area contributed by atoms with Crippen LogP contribution in [0, 0.1) is 5.92 Å². The van der Waals surface area contributed by atoms with Gasteiger partial charge in [0.1, 0.15) is 0 Å². The quantitative estimate of drug-likeness (QED) is 0.764. The third-order valence-electron chi connectivity index (χ3n) is 5.77. The largest absolute Gasteiger partial charge is 0.342 e. The Hall–Kier alpha value is -1.49. The Labute approximate surface area is 167 Å². The molecule has 4 nitrogen and oxygen atoms in total. The monoisotopic (exact) mass is 388 g/mol. The maximum Gasteiger partial charge on any atom is 0.254 e. The number of nitrogens with zero attached hydrogens (tertiary/aromatic N) is 2. The van der Waals surface area contributed by atoms with Crippen LogP contribution in [0.4, 0.5) is 0 Å². The standard InChI is InChI=1S/C22H32N2O2S/c1-16(2)19(25)23-12-10-22(11-13-23)24(14-15-27-22)20(26)17-6-8-18(9-7-17)21(3,4)5/h6-9,16H,10-15H2,1-5H3. The number of carbonyl (C=O) groups is 2. The molecule has 2 amide bonds. The summed E-state index contributed by atoms with van der Waals surface area (Å²) in [5.74, 6) is 1.37. The highest BCUT2D eigenvalue weighted by Gasteiger charge is 2.47. The molecule has 3 rings (SSSR count). The van der Waals surface area contributed by atoms with Crippen molar-refractivity contribution in [3.8, 4) is 0 Å². The average molecular weight is 389 g/mol. The Morgan fingerprint density at radius 2 is 1.63 bits per heavy atom. The topological polar surface area (TPSA) is 40.6 Å².